The molecule has 27 heavy (non-hydrogen) atoms. The number of benzene rings is 2. The smallest absolute Gasteiger partial charge is 0.337 e. The molecule has 0 saturated heterocycles. The van der Waals surface area contributed by atoms with Crippen LogP contribution in [0, 0.1) is 6.92 Å². The number of rotatable bonds is 7. The summed E-state index contributed by atoms with van der Waals surface area (Å²) in [5.41, 5.74) is 5.75. The van der Waals surface area contributed by atoms with Crippen LogP contribution < -0.4 is 10.2 Å². The number of amides is 1. The molecule has 142 valence electrons. The van der Waals surface area contributed by atoms with Gasteiger partial charge in [0.1, 0.15) is 5.75 Å². The Balaban J connectivity index is 1.89. The van der Waals surface area contributed by atoms with Crippen LogP contribution in [0.25, 0.3) is 0 Å². The molecule has 0 aliphatic heterocycles. The van der Waals surface area contributed by atoms with Gasteiger partial charge in [-0.25, -0.2) is 10.2 Å². The molecule has 0 aromatic heterocycles. The molecule has 0 aliphatic rings. The molecule has 6 nitrogen and oxygen atoms in total. The fraction of sp³-hybridized carbons (Fsp3) is 0.286. The summed E-state index contributed by atoms with van der Waals surface area (Å²) in [5.74, 6) is 0.256. The van der Waals surface area contributed by atoms with E-state index in [-0.39, 0.29) is 12.5 Å². The molecule has 0 unspecified atom stereocenters. The van der Waals surface area contributed by atoms with Gasteiger partial charge in [-0.3, -0.25) is 4.79 Å². The monoisotopic (exact) mass is 368 g/mol. The van der Waals surface area contributed by atoms with Crippen molar-refractivity contribution in [1.82, 2.24) is 5.43 Å². The van der Waals surface area contributed by atoms with E-state index in [1.807, 2.05) is 25.1 Å². The highest BCUT2D eigenvalue weighted by Gasteiger charge is 2.10. The Hall–Kier alpha value is -3.15. The van der Waals surface area contributed by atoms with Crippen LogP contribution in [0.15, 0.2) is 47.6 Å². The molecular formula is C21H24N2O4. The first-order chi connectivity index (χ1) is 12.9. The Morgan fingerprint density at radius 3 is 2.48 bits per heavy atom. The molecule has 0 heterocycles. The van der Waals surface area contributed by atoms with Gasteiger partial charge in [-0.1, -0.05) is 38.1 Å². The van der Waals surface area contributed by atoms with Gasteiger partial charge in [0.2, 0.25) is 0 Å². The summed E-state index contributed by atoms with van der Waals surface area (Å²) in [6.07, 6.45) is 1.49. The van der Waals surface area contributed by atoms with Crippen LogP contribution in [0.2, 0.25) is 0 Å². The molecule has 0 fully saturated rings. The summed E-state index contributed by atoms with van der Waals surface area (Å²) in [4.78, 5) is 23.3. The standard InChI is InChI=1S/C21H24N2O4/c1-14(2)18-10-5-15(3)11-19(18)27-13-20(24)23-22-12-16-6-8-17(9-7-16)21(25)26-4/h5-12,14H,13H2,1-4H3,(H,23,24)/b22-12+. The highest BCUT2D eigenvalue weighted by Crippen LogP contribution is 2.27. The van der Waals surface area contributed by atoms with E-state index < -0.39 is 5.97 Å². The van der Waals surface area contributed by atoms with Gasteiger partial charge >= 0.3 is 5.97 Å². The van der Waals surface area contributed by atoms with Crippen molar-refractivity contribution in [1.29, 1.82) is 0 Å². The van der Waals surface area contributed by atoms with Gasteiger partial charge in [0.15, 0.2) is 6.61 Å². The van der Waals surface area contributed by atoms with Gasteiger partial charge in [-0.05, 0) is 47.7 Å². The normalized spacial score (nSPS) is 10.9. The second kappa shape index (κ2) is 9.52. The summed E-state index contributed by atoms with van der Waals surface area (Å²) in [6, 6.07) is 12.6. The van der Waals surface area contributed by atoms with Crippen molar-refractivity contribution in [2.24, 2.45) is 5.10 Å². The maximum Gasteiger partial charge on any atom is 0.337 e. The Bertz CT molecular complexity index is 827. The maximum atomic E-state index is 11.9. The Kier molecular flexibility index (Phi) is 7.11. The van der Waals surface area contributed by atoms with E-state index in [9.17, 15) is 9.59 Å². The zero-order valence-corrected chi connectivity index (χ0v) is 16.0. The van der Waals surface area contributed by atoms with Crippen molar-refractivity contribution in [2.45, 2.75) is 26.7 Å². The number of nitrogens with zero attached hydrogens (tertiary/aromatic N) is 1. The maximum absolute atomic E-state index is 11.9. The van der Waals surface area contributed by atoms with Gasteiger partial charge in [-0.2, -0.15) is 5.10 Å². The molecule has 0 saturated carbocycles. The average molecular weight is 368 g/mol. The van der Waals surface area contributed by atoms with E-state index in [1.165, 1.54) is 13.3 Å². The number of esters is 1. The summed E-state index contributed by atoms with van der Waals surface area (Å²) < 4.78 is 10.3. The number of carbonyl (C=O) groups excluding carboxylic acids is 2. The first-order valence-corrected chi connectivity index (χ1v) is 8.64. The summed E-state index contributed by atoms with van der Waals surface area (Å²) >= 11 is 0. The third-order valence-electron chi connectivity index (χ3n) is 3.88. The fourth-order valence-corrected chi connectivity index (χ4v) is 2.42. The molecular weight excluding hydrogens is 344 g/mol. The number of methoxy groups -OCH3 is 1. The van der Waals surface area contributed by atoms with Crippen molar-refractivity contribution >= 4 is 18.1 Å². The summed E-state index contributed by atoms with van der Waals surface area (Å²) in [6.45, 7) is 6.01. The first kappa shape index (κ1) is 20.2. The van der Waals surface area contributed by atoms with Gasteiger partial charge in [0, 0.05) is 0 Å². The predicted molar refractivity (Wildman–Crippen MR) is 104 cm³/mol. The average Bonchev–Trinajstić information content (AvgIpc) is 2.66. The fourth-order valence-electron chi connectivity index (χ4n) is 2.42. The zero-order valence-electron chi connectivity index (χ0n) is 16.0. The van der Waals surface area contributed by atoms with E-state index in [0.29, 0.717) is 17.2 Å². The number of hydrazone groups is 1. The lowest BCUT2D eigenvalue weighted by Crippen LogP contribution is -2.25. The second-order valence-electron chi connectivity index (χ2n) is 6.39. The minimum Gasteiger partial charge on any atom is -0.483 e. The molecule has 6 heteroatoms. The molecule has 2 rings (SSSR count). The van der Waals surface area contributed by atoms with Crippen LogP contribution in [0.5, 0.6) is 5.75 Å². The minimum atomic E-state index is -0.402. The Morgan fingerprint density at radius 1 is 1.15 bits per heavy atom. The topological polar surface area (TPSA) is 77.0 Å². The lowest BCUT2D eigenvalue weighted by atomic mass is 10.0. The molecule has 0 aliphatic carbocycles. The third-order valence-corrected chi connectivity index (χ3v) is 3.88. The van der Waals surface area contributed by atoms with E-state index in [0.717, 1.165) is 16.7 Å². The molecule has 1 N–H and O–H groups in total. The molecule has 0 spiro atoms. The molecule has 1 amide bonds. The van der Waals surface area contributed by atoms with Crippen LogP contribution in [0.3, 0.4) is 0 Å². The van der Waals surface area contributed by atoms with Crippen LogP contribution in [0.1, 0.15) is 46.8 Å². The van der Waals surface area contributed by atoms with Crippen LogP contribution in [-0.2, 0) is 9.53 Å². The van der Waals surface area contributed by atoms with Crippen LogP contribution in [0.4, 0.5) is 0 Å². The number of hydrogen-bond donors (Lipinski definition) is 1. The molecule has 2 aromatic rings. The number of ether oxygens (including phenoxy) is 2. The minimum absolute atomic E-state index is 0.123. The van der Waals surface area contributed by atoms with Gasteiger partial charge in [-0.15, -0.1) is 0 Å². The quantitative estimate of drug-likeness (QED) is 0.461. The highest BCUT2D eigenvalue weighted by atomic mass is 16.5. The Labute approximate surface area is 159 Å². The molecule has 0 radical (unpaired) electrons. The van der Waals surface area contributed by atoms with E-state index in [2.05, 4.69) is 29.1 Å². The Morgan fingerprint density at radius 2 is 1.85 bits per heavy atom. The van der Waals surface area contributed by atoms with Crippen LogP contribution in [-0.4, -0.2) is 31.8 Å². The summed E-state index contributed by atoms with van der Waals surface area (Å²) in [5, 5.41) is 3.90. The lowest BCUT2D eigenvalue weighted by molar-refractivity contribution is -0.123. The number of carbonyl (C=O) groups is 2. The molecule has 0 atom stereocenters. The van der Waals surface area contributed by atoms with Crippen molar-refractivity contribution in [3.63, 3.8) is 0 Å². The second-order valence-corrected chi connectivity index (χ2v) is 6.39. The summed E-state index contributed by atoms with van der Waals surface area (Å²) in [7, 11) is 1.33. The third kappa shape index (κ3) is 5.95. The van der Waals surface area contributed by atoms with Crippen molar-refractivity contribution in [3.8, 4) is 5.75 Å². The number of aryl methyl sites for hydroxylation is 1. The van der Waals surface area contributed by atoms with E-state index in [4.69, 9.17) is 4.74 Å². The first-order valence-electron chi connectivity index (χ1n) is 8.64. The van der Waals surface area contributed by atoms with Gasteiger partial charge < -0.3 is 9.47 Å². The molecule has 0 bridgehead atoms. The zero-order chi connectivity index (χ0) is 19.8. The largest absolute Gasteiger partial charge is 0.483 e. The number of nitrogens with one attached hydrogen (secondary N) is 1. The van der Waals surface area contributed by atoms with Gasteiger partial charge in [0.25, 0.3) is 5.91 Å². The van der Waals surface area contributed by atoms with Crippen molar-refractivity contribution in [2.75, 3.05) is 13.7 Å². The SMILES string of the molecule is COC(=O)c1ccc(/C=N/NC(=O)COc2cc(C)ccc2C(C)C)cc1. The van der Waals surface area contributed by atoms with E-state index in [1.54, 1.807) is 24.3 Å². The van der Waals surface area contributed by atoms with Crippen molar-refractivity contribution in [3.05, 3.63) is 64.7 Å². The van der Waals surface area contributed by atoms with E-state index >= 15 is 0 Å². The number of hydrogen-bond acceptors (Lipinski definition) is 5. The van der Waals surface area contributed by atoms with Gasteiger partial charge in [0.05, 0.1) is 18.9 Å². The lowest BCUT2D eigenvalue weighted by Gasteiger charge is -2.14. The predicted octanol–water partition coefficient (Wildman–Crippen LogP) is 3.43. The van der Waals surface area contributed by atoms with Crippen LogP contribution >= 0.6 is 0 Å². The highest BCUT2D eigenvalue weighted by molar-refractivity contribution is 5.90. The molecule has 2 aromatic carbocycles. The van der Waals surface area contributed by atoms with Crippen molar-refractivity contribution < 1.29 is 19.1 Å².